The van der Waals surface area contributed by atoms with Crippen molar-refractivity contribution in [2.75, 3.05) is 12.8 Å². The Hall–Kier alpha value is -1.98. The molecule has 1 aromatic carbocycles. The smallest absolute Gasteiger partial charge is 0.333 e. The van der Waals surface area contributed by atoms with Crippen molar-refractivity contribution in [2.45, 2.75) is 0 Å². The molecule has 0 aliphatic heterocycles. The van der Waals surface area contributed by atoms with Crippen LogP contribution in [-0.4, -0.2) is 17.1 Å². The summed E-state index contributed by atoms with van der Waals surface area (Å²) in [5, 5.41) is 19.5. The van der Waals surface area contributed by atoms with Crippen molar-refractivity contribution in [3.8, 4) is 11.5 Å². The van der Waals surface area contributed by atoms with Crippen LogP contribution in [0.5, 0.6) is 11.5 Å². The molecular weight excluding hydrogens is 176 g/mol. The van der Waals surface area contributed by atoms with Gasteiger partial charge in [0.2, 0.25) is 5.75 Å². The van der Waals surface area contributed by atoms with Crippen LogP contribution in [0.4, 0.5) is 11.4 Å². The summed E-state index contributed by atoms with van der Waals surface area (Å²) in [6.45, 7) is 0. The molecule has 0 aliphatic rings. The second-order valence-electron chi connectivity index (χ2n) is 2.34. The Bertz CT molecular complexity index is 351. The fourth-order valence-electron chi connectivity index (χ4n) is 0.965. The van der Waals surface area contributed by atoms with Crippen LogP contribution in [-0.2, 0) is 0 Å². The maximum atomic E-state index is 10.5. The van der Waals surface area contributed by atoms with Crippen molar-refractivity contribution in [2.24, 2.45) is 0 Å². The monoisotopic (exact) mass is 184 g/mol. The topological polar surface area (TPSA) is 98.6 Å². The molecule has 1 aromatic rings. The molecule has 0 aliphatic carbocycles. The molecule has 3 N–H and O–H groups in total. The van der Waals surface area contributed by atoms with Gasteiger partial charge in [-0.15, -0.1) is 0 Å². The number of phenols is 1. The molecule has 0 radical (unpaired) electrons. The Labute approximate surface area is 73.7 Å². The minimum atomic E-state index is -0.659. The number of phenolic OH excluding ortho intramolecular Hbond substituents is 1. The zero-order chi connectivity index (χ0) is 10.0. The van der Waals surface area contributed by atoms with E-state index in [0.717, 1.165) is 12.1 Å². The first kappa shape index (κ1) is 9.11. The lowest BCUT2D eigenvalue weighted by Gasteiger charge is -2.04. The highest BCUT2D eigenvalue weighted by atomic mass is 16.6. The van der Waals surface area contributed by atoms with Gasteiger partial charge in [0.25, 0.3) is 0 Å². The number of nitrogens with two attached hydrogens (primary N) is 1. The molecule has 0 bridgehead atoms. The van der Waals surface area contributed by atoms with Gasteiger partial charge in [-0.1, -0.05) is 0 Å². The van der Waals surface area contributed by atoms with Crippen LogP contribution in [0.25, 0.3) is 0 Å². The first-order valence-electron chi connectivity index (χ1n) is 3.37. The fourth-order valence-corrected chi connectivity index (χ4v) is 0.965. The van der Waals surface area contributed by atoms with Crippen molar-refractivity contribution in [1.82, 2.24) is 0 Å². The van der Waals surface area contributed by atoms with Gasteiger partial charge in [0.05, 0.1) is 12.0 Å². The fraction of sp³-hybridized carbons (Fsp3) is 0.143. The van der Waals surface area contributed by atoms with Gasteiger partial charge in [0, 0.05) is 12.1 Å². The molecule has 0 heterocycles. The molecule has 70 valence electrons. The van der Waals surface area contributed by atoms with Crippen LogP contribution in [0.15, 0.2) is 12.1 Å². The zero-order valence-corrected chi connectivity index (χ0v) is 6.85. The van der Waals surface area contributed by atoms with Crippen molar-refractivity contribution in [3.05, 3.63) is 22.2 Å². The van der Waals surface area contributed by atoms with Crippen molar-refractivity contribution >= 4 is 11.4 Å². The van der Waals surface area contributed by atoms with Crippen molar-refractivity contribution in [1.29, 1.82) is 0 Å². The van der Waals surface area contributed by atoms with Crippen molar-refractivity contribution in [3.63, 3.8) is 0 Å². The number of nitrogens with zero attached hydrogens (tertiary/aromatic N) is 1. The van der Waals surface area contributed by atoms with Crippen LogP contribution in [0.3, 0.4) is 0 Å². The third-order valence-electron chi connectivity index (χ3n) is 1.49. The van der Waals surface area contributed by atoms with Crippen LogP contribution in [0.1, 0.15) is 0 Å². The Morgan fingerprint density at radius 1 is 1.62 bits per heavy atom. The van der Waals surface area contributed by atoms with E-state index in [2.05, 4.69) is 4.74 Å². The highest BCUT2D eigenvalue weighted by Crippen LogP contribution is 2.36. The lowest BCUT2D eigenvalue weighted by Crippen LogP contribution is -1.98. The van der Waals surface area contributed by atoms with Gasteiger partial charge >= 0.3 is 5.69 Å². The highest BCUT2D eigenvalue weighted by Gasteiger charge is 2.19. The number of hydrogen-bond donors (Lipinski definition) is 2. The van der Waals surface area contributed by atoms with E-state index in [1.54, 1.807) is 0 Å². The van der Waals surface area contributed by atoms with Crippen LogP contribution in [0, 0.1) is 10.1 Å². The van der Waals surface area contributed by atoms with E-state index in [9.17, 15) is 10.1 Å². The number of nitro groups is 1. The number of nitrogen functional groups attached to an aromatic ring is 1. The molecule has 6 heteroatoms. The van der Waals surface area contributed by atoms with Crippen LogP contribution in [0.2, 0.25) is 0 Å². The molecule has 0 aromatic heterocycles. The third-order valence-corrected chi connectivity index (χ3v) is 1.49. The maximum absolute atomic E-state index is 10.5. The van der Waals surface area contributed by atoms with Gasteiger partial charge < -0.3 is 15.6 Å². The summed E-state index contributed by atoms with van der Waals surface area (Å²) in [5.41, 5.74) is 4.86. The Kier molecular flexibility index (Phi) is 2.23. The SMILES string of the molecule is COc1cc(O)cc(N)c1[N+](=O)[O-]. The molecule has 6 nitrogen and oxygen atoms in total. The normalized spacial score (nSPS) is 9.62. The first-order chi connectivity index (χ1) is 6.06. The number of benzene rings is 1. The number of hydrogen-bond acceptors (Lipinski definition) is 5. The first-order valence-corrected chi connectivity index (χ1v) is 3.37. The van der Waals surface area contributed by atoms with E-state index in [0.29, 0.717) is 0 Å². The minimum absolute atomic E-state index is 0.0532. The van der Waals surface area contributed by atoms with Gasteiger partial charge in [0.1, 0.15) is 11.4 Å². The van der Waals surface area contributed by atoms with E-state index in [1.165, 1.54) is 7.11 Å². The van der Waals surface area contributed by atoms with Crippen LogP contribution < -0.4 is 10.5 Å². The van der Waals surface area contributed by atoms with E-state index < -0.39 is 4.92 Å². The number of ether oxygens (including phenoxy) is 1. The summed E-state index contributed by atoms with van der Waals surface area (Å²) in [5.74, 6) is -0.220. The second-order valence-corrected chi connectivity index (χ2v) is 2.34. The van der Waals surface area contributed by atoms with Gasteiger partial charge in [-0.3, -0.25) is 10.1 Å². The maximum Gasteiger partial charge on any atom is 0.333 e. The molecule has 1 rings (SSSR count). The van der Waals surface area contributed by atoms with Gasteiger partial charge in [-0.2, -0.15) is 0 Å². The molecule has 0 fully saturated rings. The summed E-state index contributed by atoms with van der Waals surface area (Å²) in [6, 6.07) is 2.23. The lowest BCUT2D eigenvalue weighted by atomic mass is 10.2. The zero-order valence-electron chi connectivity index (χ0n) is 6.85. The Morgan fingerprint density at radius 2 is 2.23 bits per heavy atom. The van der Waals surface area contributed by atoms with Gasteiger partial charge in [-0.25, -0.2) is 0 Å². The lowest BCUT2D eigenvalue weighted by molar-refractivity contribution is -0.384. The standard InChI is InChI=1S/C7H8N2O4/c1-13-6-3-4(10)2-5(8)7(6)9(11)12/h2-3,10H,8H2,1H3. The molecule has 0 amide bonds. The summed E-state index contributed by atoms with van der Waals surface area (Å²) >= 11 is 0. The number of anilines is 1. The Morgan fingerprint density at radius 3 is 2.69 bits per heavy atom. The summed E-state index contributed by atoms with van der Waals surface area (Å²) in [6.07, 6.45) is 0. The van der Waals surface area contributed by atoms with Crippen molar-refractivity contribution < 1.29 is 14.8 Å². The molecule has 13 heavy (non-hydrogen) atoms. The number of nitro benzene ring substituents is 1. The third kappa shape index (κ3) is 1.61. The average molecular weight is 184 g/mol. The second kappa shape index (κ2) is 3.18. The predicted octanol–water partition coefficient (Wildman–Crippen LogP) is 0.891. The quantitative estimate of drug-likeness (QED) is 0.404. The molecular formula is C7H8N2O4. The number of methoxy groups -OCH3 is 1. The molecule has 0 saturated carbocycles. The van der Waals surface area contributed by atoms with Gasteiger partial charge in [0.15, 0.2) is 0 Å². The van der Waals surface area contributed by atoms with Crippen LogP contribution >= 0.6 is 0 Å². The molecule has 0 unspecified atom stereocenters. The summed E-state index contributed by atoms with van der Waals surface area (Å²) in [7, 11) is 1.27. The van der Waals surface area contributed by atoms with Gasteiger partial charge in [-0.05, 0) is 0 Å². The van der Waals surface area contributed by atoms with E-state index >= 15 is 0 Å². The Balaban J connectivity index is 3.38. The summed E-state index contributed by atoms with van der Waals surface area (Å²) in [4.78, 5) is 9.82. The summed E-state index contributed by atoms with van der Waals surface area (Å²) < 4.78 is 4.69. The largest absolute Gasteiger partial charge is 0.508 e. The average Bonchev–Trinajstić information content (AvgIpc) is 2.01. The molecule has 0 spiro atoms. The van der Waals surface area contributed by atoms with E-state index in [-0.39, 0.29) is 22.9 Å². The van der Waals surface area contributed by atoms with E-state index in [1.807, 2.05) is 0 Å². The molecule has 0 atom stereocenters. The molecule has 0 saturated heterocycles. The predicted molar refractivity (Wildman–Crippen MR) is 45.7 cm³/mol. The number of rotatable bonds is 2. The number of aromatic hydroxyl groups is 1. The minimum Gasteiger partial charge on any atom is -0.508 e. The highest BCUT2D eigenvalue weighted by molar-refractivity contribution is 5.68. The van der Waals surface area contributed by atoms with E-state index in [4.69, 9.17) is 10.8 Å².